The molecule has 3 N–H and O–H groups in total. The standard InChI is InChI=1S/C20H24F2N4O2/c21-15-6-1-4-13(18(15)22)11-26-9-3-8-20(28,19(26)27)12-23-10-17-14-5-2-7-16(14)24-25-17/h1,4,6,23,28H,2-3,5,7-12H2,(H,24,25). The largest absolute Gasteiger partial charge is 0.379 e. The molecule has 1 aliphatic heterocycles. The summed E-state index contributed by atoms with van der Waals surface area (Å²) in [6.07, 6.45) is 4.05. The van der Waals surface area contributed by atoms with Crippen LogP contribution in [-0.2, 0) is 30.7 Å². The highest BCUT2D eigenvalue weighted by Gasteiger charge is 2.42. The van der Waals surface area contributed by atoms with Crippen LogP contribution in [0.5, 0.6) is 0 Å². The summed E-state index contributed by atoms with van der Waals surface area (Å²) in [6, 6.07) is 3.91. The average Bonchev–Trinajstić information content (AvgIpc) is 3.28. The summed E-state index contributed by atoms with van der Waals surface area (Å²) in [6.45, 7) is 0.914. The van der Waals surface area contributed by atoms with Gasteiger partial charge in [0.25, 0.3) is 5.91 Å². The van der Waals surface area contributed by atoms with E-state index >= 15 is 0 Å². The molecule has 8 heteroatoms. The smallest absolute Gasteiger partial charge is 0.256 e. The number of rotatable bonds is 6. The quantitative estimate of drug-likeness (QED) is 0.703. The third kappa shape index (κ3) is 3.54. The summed E-state index contributed by atoms with van der Waals surface area (Å²) in [5.41, 5.74) is 1.89. The Hall–Kier alpha value is -2.32. The third-order valence-corrected chi connectivity index (χ3v) is 5.70. The lowest BCUT2D eigenvalue weighted by Crippen LogP contribution is -2.57. The molecule has 150 valence electrons. The maximum Gasteiger partial charge on any atom is 0.256 e. The summed E-state index contributed by atoms with van der Waals surface area (Å²) < 4.78 is 27.4. The number of hydrogen-bond acceptors (Lipinski definition) is 4. The van der Waals surface area contributed by atoms with Gasteiger partial charge in [-0.25, -0.2) is 8.78 Å². The van der Waals surface area contributed by atoms with Crippen molar-refractivity contribution in [3.8, 4) is 0 Å². The lowest BCUT2D eigenvalue weighted by molar-refractivity contribution is -0.157. The molecule has 1 amide bonds. The molecule has 28 heavy (non-hydrogen) atoms. The Morgan fingerprint density at radius 3 is 3.00 bits per heavy atom. The highest BCUT2D eigenvalue weighted by atomic mass is 19.2. The molecule has 1 unspecified atom stereocenters. The first kappa shape index (κ1) is 19.0. The maximum absolute atomic E-state index is 13.9. The van der Waals surface area contributed by atoms with Gasteiger partial charge in [-0.05, 0) is 43.7 Å². The lowest BCUT2D eigenvalue weighted by Gasteiger charge is -2.38. The number of halogens is 2. The molecule has 0 saturated carbocycles. The van der Waals surface area contributed by atoms with Crippen molar-refractivity contribution in [3.63, 3.8) is 0 Å². The van der Waals surface area contributed by atoms with Crippen molar-refractivity contribution < 1.29 is 18.7 Å². The van der Waals surface area contributed by atoms with Crippen molar-refractivity contribution in [3.05, 3.63) is 52.3 Å². The molecule has 1 aromatic carbocycles. The van der Waals surface area contributed by atoms with Crippen LogP contribution < -0.4 is 5.32 Å². The number of nitrogens with one attached hydrogen (secondary N) is 2. The number of aromatic nitrogens is 2. The van der Waals surface area contributed by atoms with E-state index in [-0.39, 0.29) is 18.7 Å². The number of likely N-dealkylation sites (tertiary alicyclic amines) is 1. The van der Waals surface area contributed by atoms with Crippen molar-refractivity contribution >= 4 is 5.91 Å². The fourth-order valence-electron chi connectivity index (χ4n) is 4.18. The summed E-state index contributed by atoms with van der Waals surface area (Å²) >= 11 is 0. The van der Waals surface area contributed by atoms with Crippen molar-refractivity contribution in [1.82, 2.24) is 20.4 Å². The molecule has 2 heterocycles. The van der Waals surface area contributed by atoms with E-state index in [1.165, 1.54) is 28.3 Å². The van der Waals surface area contributed by atoms with Gasteiger partial charge in [0.05, 0.1) is 5.69 Å². The average molecular weight is 390 g/mol. The Morgan fingerprint density at radius 2 is 2.14 bits per heavy atom. The fraction of sp³-hybridized carbons (Fsp3) is 0.500. The van der Waals surface area contributed by atoms with Crippen LogP contribution in [-0.4, -0.2) is 44.8 Å². The zero-order valence-electron chi connectivity index (χ0n) is 15.6. The molecule has 0 bridgehead atoms. The van der Waals surface area contributed by atoms with E-state index in [0.717, 1.165) is 31.0 Å². The molecule has 1 aliphatic carbocycles. The first-order valence-corrected chi connectivity index (χ1v) is 9.68. The second-order valence-corrected chi connectivity index (χ2v) is 7.66. The number of hydrogen-bond donors (Lipinski definition) is 3. The molecular weight excluding hydrogens is 366 g/mol. The van der Waals surface area contributed by atoms with Gasteiger partial charge in [0.15, 0.2) is 17.2 Å². The minimum Gasteiger partial charge on any atom is -0.379 e. The summed E-state index contributed by atoms with van der Waals surface area (Å²) in [5, 5.41) is 21.4. The molecule has 2 aliphatic rings. The Balaban J connectivity index is 1.39. The van der Waals surface area contributed by atoms with Gasteiger partial charge in [-0.15, -0.1) is 0 Å². The Morgan fingerprint density at radius 1 is 1.29 bits per heavy atom. The number of piperidine rings is 1. The van der Waals surface area contributed by atoms with E-state index in [4.69, 9.17) is 0 Å². The van der Waals surface area contributed by atoms with Crippen molar-refractivity contribution in [1.29, 1.82) is 0 Å². The molecule has 6 nitrogen and oxygen atoms in total. The number of fused-ring (bicyclic) bond motifs is 1. The van der Waals surface area contributed by atoms with E-state index in [9.17, 15) is 18.7 Å². The zero-order chi connectivity index (χ0) is 19.7. The summed E-state index contributed by atoms with van der Waals surface area (Å²) in [7, 11) is 0. The Labute approximate surface area is 161 Å². The first-order valence-electron chi connectivity index (χ1n) is 9.68. The van der Waals surface area contributed by atoms with Crippen LogP contribution in [0.1, 0.15) is 41.8 Å². The van der Waals surface area contributed by atoms with Crippen LogP contribution in [0.4, 0.5) is 8.78 Å². The van der Waals surface area contributed by atoms with Gasteiger partial charge in [-0.1, -0.05) is 12.1 Å². The van der Waals surface area contributed by atoms with Gasteiger partial charge < -0.3 is 15.3 Å². The Kier molecular flexibility index (Phi) is 5.16. The molecule has 1 fully saturated rings. The van der Waals surface area contributed by atoms with E-state index in [2.05, 4.69) is 15.5 Å². The second kappa shape index (κ2) is 7.60. The minimum atomic E-state index is -1.55. The predicted molar refractivity (Wildman–Crippen MR) is 98.3 cm³/mol. The van der Waals surface area contributed by atoms with Crippen LogP contribution in [0.2, 0.25) is 0 Å². The van der Waals surface area contributed by atoms with Crippen LogP contribution in [0.25, 0.3) is 0 Å². The van der Waals surface area contributed by atoms with Gasteiger partial charge in [-0.2, -0.15) is 5.10 Å². The first-order chi connectivity index (χ1) is 13.5. The van der Waals surface area contributed by atoms with E-state index in [1.54, 1.807) is 0 Å². The van der Waals surface area contributed by atoms with Crippen molar-refractivity contribution in [2.75, 3.05) is 13.1 Å². The minimum absolute atomic E-state index is 0.0579. The molecule has 1 aromatic heterocycles. The number of aromatic amines is 1. The number of H-pyrrole nitrogens is 1. The third-order valence-electron chi connectivity index (χ3n) is 5.70. The van der Waals surface area contributed by atoms with Gasteiger partial charge in [0.2, 0.25) is 0 Å². The molecule has 4 rings (SSSR count). The summed E-state index contributed by atoms with van der Waals surface area (Å²) in [5.74, 6) is -2.34. The number of aryl methyl sites for hydroxylation is 1. The lowest BCUT2D eigenvalue weighted by atomic mass is 9.91. The molecule has 1 atom stereocenters. The SMILES string of the molecule is O=C1N(Cc2cccc(F)c2F)CCCC1(O)CNCc1n[nH]c2c1CCC2. The molecule has 0 radical (unpaired) electrons. The summed E-state index contributed by atoms with van der Waals surface area (Å²) in [4.78, 5) is 14.2. The number of carbonyl (C=O) groups is 1. The fourth-order valence-corrected chi connectivity index (χ4v) is 4.18. The van der Waals surface area contributed by atoms with E-state index < -0.39 is 23.1 Å². The van der Waals surface area contributed by atoms with Crippen molar-refractivity contribution in [2.24, 2.45) is 0 Å². The molecule has 2 aromatic rings. The molecular formula is C20H24F2N4O2. The number of aliphatic hydroxyl groups is 1. The number of carbonyl (C=O) groups excluding carboxylic acids is 1. The monoisotopic (exact) mass is 390 g/mol. The number of nitrogens with zero attached hydrogens (tertiary/aromatic N) is 2. The van der Waals surface area contributed by atoms with Gasteiger partial charge in [0.1, 0.15) is 0 Å². The van der Waals surface area contributed by atoms with Gasteiger partial charge >= 0.3 is 0 Å². The van der Waals surface area contributed by atoms with Crippen LogP contribution in [0, 0.1) is 11.6 Å². The van der Waals surface area contributed by atoms with E-state index in [0.29, 0.717) is 25.9 Å². The van der Waals surface area contributed by atoms with Crippen LogP contribution in [0.3, 0.4) is 0 Å². The second-order valence-electron chi connectivity index (χ2n) is 7.66. The van der Waals surface area contributed by atoms with Crippen molar-refractivity contribution in [2.45, 2.75) is 50.8 Å². The van der Waals surface area contributed by atoms with Gasteiger partial charge in [-0.3, -0.25) is 9.89 Å². The van der Waals surface area contributed by atoms with Crippen LogP contribution in [0.15, 0.2) is 18.2 Å². The van der Waals surface area contributed by atoms with Gasteiger partial charge in [0, 0.05) is 37.4 Å². The number of amides is 1. The predicted octanol–water partition coefficient (Wildman–Crippen LogP) is 1.82. The van der Waals surface area contributed by atoms with Crippen LogP contribution >= 0.6 is 0 Å². The molecule has 0 spiro atoms. The highest BCUT2D eigenvalue weighted by Crippen LogP contribution is 2.26. The topological polar surface area (TPSA) is 81.2 Å². The molecule has 1 saturated heterocycles. The van der Waals surface area contributed by atoms with E-state index in [1.807, 2.05) is 0 Å². The highest BCUT2D eigenvalue weighted by molar-refractivity contribution is 5.86. The zero-order valence-corrected chi connectivity index (χ0v) is 15.6. The Bertz CT molecular complexity index is 885. The number of benzene rings is 1. The maximum atomic E-state index is 13.9. The normalized spacial score (nSPS) is 22.0.